The number of anilines is 1. The molecule has 3 rings (SSSR count). The van der Waals surface area contributed by atoms with Crippen molar-refractivity contribution in [1.82, 2.24) is 9.88 Å². The smallest absolute Gasteiger partial charge is 0.310 e. The fourth-order valence-corrected chi connectivity index (χ4v) is 4.04. The number of rotatable bonds is 6. The average molecular weight is 412 g/mol. The van der Waals surface area contributed by atoms with Gasteiger partial charge in [0.2, 0.25) is 5.91 Å². The third kappa shape index (κ3) is 4.21. The average Bonchev–Trinajstić information content (AvgIpc) is 3.29. The van der Waals surface area contributed by atoms with Gasteiger partial charge in [-0.1, -0.05) is 12.5 Å². The monoisotopic (exact) mass is 412 g/mol. The first-order valence-electron chi connectivity index (χ1n) is 9.86. The molecule has 158 valence electrons. The molecule has 1 aliphatic carbocycles. The summed E-state index contributed by atoms with van der Waals surface area (Å²) in [6, 6.07) is 7.97. The lowest BCUT2D eigenvalue weighted by Crippen LogP contribution is -2.41. The van der Waals surface area contributed by atoms with Gasteiger partial charge in [-0.3, -0.25) is 14.2 Å². The van der Waals surface area contributed by atoms with Gasteiger partial charge in [-0.25, -0.2) is 4.39 Å². The number of aromatic nitrogens is 1. The van der Waals surface area contributed by atoms with Gasteiger partial charge < -0.3 is 15.4 Å². The molecule has 30 heavy (non-hydrogen) atoms. The highest BCUT2D eigenvalue weighted by Gasteiger charge is 2.33. The number of carbonyl (C=O) groups excluding carboxylic acids is 2. The van der Waals surface area contributed by atoms with E-state index in [0.29, 0.717) is 22.6 Å². The normalized spacial score (nSPS) is 18.1. The Morgan fingerprint density at radius 3 is 2.77 bits per heavy atom. The van der Waals surface area contributed by atoms with Crippen molar-refractivity contribution in [3.8, 4) is 11.8 Å². The van der Waals surface area contributed by atoms with Gasteiger partial charge in [-0.05, 0) is 50.5 Å². The maximum atomic E-state index is 13.8. The van der Waals surface area contributed by atoms with E-state index in [1.54, 1.807) is 23.6 Å². The van der Waals surface area contributed by atoms with Crippen LogP contribution in [-0.4, -0.2) is 36.1 Å². The molecule has 1 amide bonds. The van der Waals surface area contributed by atoms with Gasteiger partial charge in [0.1, 0.15) is 17.7 Å². The molecular formula is C22H25FN4O3. The summed E-state index contributed by atoms with van der Waals surface area (Å²) in [4.78, 5) is 24.5. The van der Waals surface area contributed by atoms with Crippen molar-refractivity contribution in [2.45, 2.75) is 39.2 Å². The number of hydrogen-bond donors (Lipinski definition) is 2. The van der Waals surface area contributed by atoms with E-state index >= 15 is 0 Å². The lowest BCUT2D eigenvalue weighted by molar-refractivity contribution is -0.146. The number of carbonyl (C=O) groups is 2. The summed E-state index contributed by atoms with van der Waals surface area (Å²) in [5, 5.41) is 15.5. The van der Waals surface area contributed by atoms with Crippen molar-refractivity contribution in [3.05, 3.63) is 46.9 Å². The molecule has 8 heteroatoms. The zero-order valence-electron chi connectivity index (χ0n) is 17.3. The fraction of sp³-hybridized carbons (Fsp3) is 0.409. The SMILES string of the molecule is COC(=O)[C@H]1CCC[C@@H]1NCC(=O)Nc1c(C#N)c(C)c(C)n1-c1cccc(F)c1. The molecule has 7 nitrogen and oxygen atoms in total. The van der Waals surface area contributed by atoms with Gasteiger partial charge in [0, 0.05) is 11.7 Å². The molecule has 0 radical (unpaired) electrons. The van der Waals surface area contributed by atoms with E-state index in [-0.39, 0.29) is 30.4 Å². The number of nitriles is 1. The van der Waals surface area contributed by atoms with Crippen molar-refractivity contribution in [2.75, 3.05) is 19.0 Å². The first-order valence-corrected chi connectivity index (χ1v) is 9.86. The minimum Gasteiger partial charge on any atom is -0.469 e. The third-order valence-corrected chi connectivity index (χ3v) is 5.69. The van der Waals surface area contributed by atoms with E-state index < -0.39 is 5.82 Å². The molecule has 1 aromatic heterocycles. The molecule has 0 aliphatic heterocycles. The Balaban J connectivity index is 1.81. The Bertz CT molecular complexity index is 1010. The molecule has 2 aromatic rings. The van der Waals surface area contributed by atoms with Crippen LogP contribution in [0.2, 0.25) is 0 Å². The fourth-order valence-electron chi connectivity index (χ4n) is 4.04. The van der Waals surface area contributed by atoms with Gasteiger partial charge in [0.25, 0.3) is 0 Å². The largest absolute Gasteiger partial charge is 0.469 e. The first kappa shape index (κ1) is 21.5. The van der Waals surface area contributed by atoms with Crippen molar-refractivity contribution < 1.29 is 18.7 Å². The number of methoxy groups -OCH3 is 1. The predicted molar refractivity (Wildman–Crippen MR) is 110 cm³/mol. The van der Waals surface area contributed by atoms with Gasteiger partial charge in [-0.2, -0.15) is 5.26 Å². The molecule has 2 atom stereocenters. The minimum absolute atomic E-state index is 0.0184. The van der Waals surface area contributed by atoms with E-state index in [1.807, 2.05) is 6.92 Å². The Kier molecular flexibility index (Phi) is 6.53. The molecule has 0 unspecified atom stereocenters. The van der Waals surface area contributed by atoms with Crippen LogP contribution in [0.3, 0.4) is 0 Å². The van der Waals surface area contributed by atoms with Gasteiger partial charge in [0.15, 0.2) is 0 Å². The number of benzene rings is 1. The van der Waals surface area contributed by atoms with Crippen LogP contribution in [-0.2, 0) is 14.3 Å². The van der Waals surface area contributed by atoms with Gasteiger partial charge in [-0.15, -0.1) is 0 Å². The second-order valence-corrected chi connectivity index (χ2v) is 7.46. The standard InChI is InChI=1S/C22H25FN4O3/c1-13-14(2)27(16-7-4-6-15(23)10-16)21(18(13)11-24)26-20(28)12-25-19-9-5-8-17(19)22(29)30-3/h4,6-7,10,17,19,25H,5,8-9,12H2,1-3H3,(H,26,28)/t17-,19-/m0/s1. The van der Waals surface area contributed by atoms with Gasteiger partial charge in [0.05, 0.1) is 30.8 Å². The summed E-state index contributed by atoms with van der Waals surface area (Å²) in [7, 11) is 1.36. The van der Waals surface area contributed by atoms with Crippen molar-refractivity contribution in [2.24, 2.45) is 5.92 Å². The molecule has 0 saturated heterocycles. The lowest BCUT2D eigenvalue weighted by atomic mass is 10.0. The molecule has 2 N–H and O–H groups in total. The van der Waals surface area contributed by atoms with Crippen molar-refractivity contribution in [1.29, 1.82) is 5.26 Å². The van der Waals surface area contributed by atoms with Crippen molar-refractivity contribution >= 4 is 17.7 Å². The Labute approximate surface area is 174 Å². The maximum Gasteiger partial charge on any atom is 0.310 e. The Morgan fingerprint density at radius 2 is 2.10 bits per heavy atom. The zero-order chi connectivity index (χ0) is 21.8. The number of ether oxygens (including phenoxy) is 1. The van der Waals surface area contributed by atoms with E-state index in [1.165, 1.54) is 19.2 Å². The minimum atomic E-state index is -0.411. The number of hydrogen-bond acceptors (Lipinski definition) is 5. The van der Waals surface area contributed by atoms with E-state index in [9.17, 15) is 19.2 Å². The highest BCUT2D eigenvalue weighted by Crippen LogP contribution is 2.30. The number of esters is 1. The molecule has 0 spiro atoms. The first-order chi connectivity index (χ1) is 14.4. The predicted octanol–water partition coefficient (Wildman–Crippen LogP) is 2.97. The van der Waals surface area contributed by atoms with Crippen LogP contribution in [0.4, 0.5) is 10.2 Å². The molecule has 1 heterocycles. The van der Waals surface area contributed by atoms with Crippen LogP contribution in [0.15, 0.2) is 24.3 Å². The summed E-state index contributed by atoms with van der Waals surface area (Å²) in [6.45, 7) is 3.58. The number of amides is 1. The highest BCUT2D eigenvalue weighted by molar-refractivity contribution is 5.93. The Hall–Kier alpha value is -3.18. The molecule has 1 fully saturated rings. The van der Waals surface area contributed by atoms with Crippen molar-refractivity contribution in [3.63, 3.8) is 0 Å². The lowest BCUT2D eigenvalue weighted by Gasteiger charge is -2.19. The summed E-state index contributed by atoms with van der Waals surface area (Å²) >= 11 is 0. The maximum absolute atomic E-state index is 13.8. The van der Waals surface area contributed by atoms with Crippen LogP contribution in [0.5, 0.6) is 0 Å². The molecule has 1 aromatic carbocycles. The summed E-state index contributed by atoms with van der Waals surface area (Å²) in [5.41, 5.74) is 2.30. The topological polar surface area (TPSA) is 96.2 Å². The molecule has 1 aliphatic rings. The molecule has 1 saturated carbocycles. The van der Waals surface area contributed by atoms with E-state index in [2.05, 4.69) is 16.7 Å². The van der Waals surface area contributed by atoms with Crippen LogP contribution in [0, 0.1) is 36.9 Å². The highest BCUT2D eigenvalue weighted by atomic mass is 19.1. The third-order valence-electron chi connectivity index (χ3n) is 5.69. The number of nitrogens with zero attached hydrogens (tertiary/aromatic N) is 2. The molecular weight excluding hydrogens is 387 g/mol. The Morgan fingerprint density at radius 1 is 1.33 bits per heavy atom. The number of nitrogens with one attached hydrogen (secondary N) is 2. The second-order valence-electron chi connectivity index (χ2n) is 7.46. The van der Waals surface area contributed by atoms with Gasteiger partial charge >= 0.3 is 5.97 Å². The zero-order valence-corrected chi connectivity index (χ0v) is 17.3. The summed E-state index contributed by atoms with van der Waals surface area (Å²) < 4.78 is 20.3. The quantitative estimate of drug-likeness (QED) is 0.711. The van der Waals surface area contributed by atoms with Crippen LogP contribution >= 0.6 is 0 Å². The van der Waals surface area contributed by atoms with Crippen LogP contribution < -0.4 is 10.6 Å². The summed E-state index contributed by atoms with van der Waals surface area (Å²) in [6.07, 6.45) is 2.40. The summed E-state index contributed by atoms with van der Waals surface area (Å²) in [5.74, 6) is -0.995. The second kappa shape index (κ2) is 9.09. The van der Waals surface area contributed by atoms with E-state index in [0.717, 1.165) is 25.0 Å². The number of halogens is 1. The molecule has 0 bridgehead atoms. The van der Waals surface area contributed by atoms with Crippen LogP contribution in [0.25, 0.3) is 5.69 Å². The van der Waals surface area contributed by atoms with E-state index in [4.69, 9.17) is 4.74 Å². The van der Waals surface area contributed by atoms with Crippen LogP contribution in [0.1, 0.15) is 36.1 Å².